The third kappa shape index (κ3) is 4.02. The highest BCUT2D eigenvalue weighted by molar-refractivity contribution is 5.82. The van der Waals surface area contributed by atoms with Crippen molar-refractivity contribution >= 4 is 23.2 Å². The number of halogens is 3. The number of fused-ring (bicyclic) bond motifs is 1. The van der Waals surface area contributed by atoms with Gasteiger partial charge in [-0.15, -0.1) is 5.10 Å². The molecule has 0 radical (unpaired) electrons. The number of hydrogen-bond donors (Lipinski definition) is 2. The number of nitrogens with one attached hydrogen (secondary N) is 2. The number of nitrogens with zero attached hydrogens (tertiary/aromatic N) is 4. The average molecular weight is 404 g/mol. The number of pyridine rings is 1. The maximum absolute atomic E-state index is 12.7. The smallest absolute Gasteiger partial charge is 0.353 e. The van der Waals surface area contributed by atoms with Gasteiger partial charge >= 0.3 is 6.18 Å². The van der Waals surface area contributed by atoms with Crippen LogP contribution in [0.5, 0.6) is 0 Å². The minimum atomic E-state index is -4.38. The normalized spacial score (nSPS) is 18.1. The number of rotatable bonds is 4. The van der Waals surface area contributed by atoms with Crippen LogP contribution in [0.4, 0.5) is 24.8 Å². The molecule has 0 unspecified atom stereocenters. The van der Waals surface area contributed by atoms with Gasteiger partial charge in [0.25, 0.3) is 0 Å². The first-order chi connectivity index (χ1) is 13.8. The lowest BCUT2D eigenvalue weighted by atomic mass is 10.2. The molecular formula is C19H19F3N6O. The minimum absolute atomic E-state index is 0.00771. The Kier molecular flexibility index (Phi) is 4.87. The van der Waals surface area contributed by atoms with E-state index < -0.39 is 11.7 Å². The lowest BCUT2D eigenvalue weighted by Crippen LogP contribution is -2.53. The van der Waals surface area contributed by atoms with Crippen LogP contribution in [0.25, 0.3) is 5.65 Å². The van der Waals surface area contributed by atoms with Gasteiger partial charge in [-0.2, -0.15) is 18.2 Å². The first-order valence-corrected chi connectivity index (χ1v) is 9.12. The fraction of sp³-hybridized carbons (Fsp3) is 0.316. The topological polar surface area (TPSA) is 74.6 Å². The predicted molar refractivity (Wildman–Crippen MR) is 101 cm³/mol. The lowest BCUT2D eigenvalue weighted by Gasteiger charge is -2.32. The molecule has 1 fully saturated rings. The zero-order valence-electron chi connectivity index (χ0n) is 15.6. The van der Waals surface area contributed by atoms with E-state index in [-0.39, 0.29) is 17.9 Å². The van der Waals surface area contributed by atoms with Crippen LogP contribution < -0.4 is 10.6 Å². The van der Waals surface area contributed by atoms with Crippen LogP contribution in [0.3, 0.4) is 0 Å². The largest absolute Gasteiger partial charge is 0.416 e. The van der Waals surface area contributed by atoms with Gasteiger partial charge in [-0.1, -0.05) is 6.07 Å². The van der Waals surface area contributed by atoms with Gasteiger partial charge in [0, 0.05) is 25.3 Å². The van der Waals surface area contributed by atoms with Gasteiger partial charge in [0.2, 0.25) is 11.9 Å². The van der Waals surface area contributed by atoms with E-state index in [1.807, 2.05) is 19.1 Å². The second-order valence-electron chi connectivity index (χ2n) is 6.86. The fourth-order valence-corrected chi connectivity index (χ4v) is 3.26. The number of benzene rings is 1. The van der Waals surface area contributed by atoms with E-state index in [0.717, 1.165) is 24.4 Å². The Morgan fingerprint density at radius 1 is 1.21 bits per heavy atom. The second kappa shape index (κ2) is 7.36. The number of anilines is 2. The number of piperazine rings is 1. The molecule has 0 aliphatic carbocycles. The van der Waals surface area contributed by atoms with Crippen molar-refractivity contribution < 1.29 is 18.0 Å². The highest BCUT2D eigenvalue weighted by Crippen LogP contribution is 2.30. The van der Waals surface area contributed by atoms with Gasteiger partial charge in [0.15, 0.2) is 5.65 Å². The highest BCUT2D eigenvalue weighted by atomic mass is 19.4. The van der Waals surface area contributed by atoms with Crippen LogP contribution in [-0.4, -0.2) is 44.5 Å². The van der Waals surface area contributed by atoms with Gasteiger partial charge < -0.3 is 10.6 Å². The molecule has 10 heteroatoms. The van der Waals surface area contributed by atoms with E-state index in [1.54, 1.807) is 10.6 Å². The molecule has 2 aromatic heterocycles. The van der Waals surface area contributed by atoms with Crippen molar-refractivity contribution in [3.63, 3.8) is 0 Å². The Morgan fingerprint density at radius 2 is 1.97 bits per heavy atom. The average Bonchev–Trinajstić information content (AvgIpc) is 3.08. The zero-order chi connectivity index (χ0) is 20.6. The van der Waals surface area contributed by atoms with E-state index in [4.69, 9.17) is 0 Å². The Bertz CT molecular complexity index is 1030. The Balaban J connectivity index is 1.55. The number of carbonyl (C=O) groups is 1. The molecule has 2 N–H and O–H groups in total. The SMILES string of the molecule is C[C@H]1C(=O)NCCN1Cc1cccc2nc(Nc3ccc(C(F)(F)F)cc3)nn12. The number of aromatic nitrogens is 3. The summed E-state index contributed by atoms with van der Waals surface area (Å²) in [5.74, 6) is 0.272. The first kappa shape index (κ1) is 19.2. The molecule has 3 heterocycles. The quantitative estimate of drug-likeness (QED) is 0.700. The molecule has 7 nitrogen and oxygen atoms in total. The van der Waals surface area contributed by atoms with E-state index in [9.17, 15) is 18.0 Å². The van der Waals surface area contributed by atoms with Crippen molar-refractivity contribution in [3.05, 3.63) is 53.7 Å². The summed E-state index contributed by atoms with van der Waals surface area (Å²) in [6.45, 7) is 3.70. The Labute approximate surface area is 164 Å². The van der Waals surface area contributed by atoms with Crippen LogP contribution >= 0.6 is 0 Å². The van der Waals surface area contributed by atoms with Crippen molar-refractivity contribution in [2.75, 3.05) is 18.4 Å². The van der Waals surface area contributed by atoms with E-state index in [2.05, 4.69) is 25.6 Å². The standard InChI is InChI=1S/C19H19F3N6O/c1-12-17(29)23-9-10-27(12)11-15-3-2-4-16-25-18(26-28(15)16)24-14-7-5-13(6-8-14)19(20,21)22/h2-8,12H,9-11H2,1H3,(H,23,29)(H,24,26)/t12-/m0/s1. The molecule has 29 heavy (non-hydrogen) atoms. The molecule has 0 saturated carbocycles. The highest BCUT2D eigenvalue weighted by Gasteiger charge is 2.30. The van der Waals surface area contributed by atoms with Crippen molar-refractivity contribution in [3.8, 4) is 0 Å². The van der Waals surface area contributed by atoms with Crippen molar-refractivity contribution in [2.24, 2.45) is 0 Å². The number of carbonyl (C=O) groups excluding carboxylic acids is 1. The molecule has 1 amide bonds. The third-order valence-electron chi connectivity index (χ3n) is 4.90. The second-order valence-corrected chi connectivity index (χ2v) is 6.86. The van der Waals surface area contributed by atoms with Gasteiger partial charge in [0.1, 0.15) is 0 Å². The minimum Gasteiger partial charge on any atom is -0.353 e. The maximum Gasteiger partial charge on any atom is 0.416 e. The van der Waals surface area contributed by atoms with Gasteiger partial charge in [-0.3, -0.25) is 9.69 Å². The molecule has 1 saturated heterocycles. The molecule has 0 spiro atoms. The molecule has 152 valence electrons. The van der Waals surface area contributed by atoms with Gasteiger partial charge in [0.05, 0.1) is 17.3 Å². The Hall–Kier alpha value is -3.14. The van der Waals surface area contributed by atoms with Gasteiger partial charge in [-0.05, 0) is 43.3 Å². The van der Waals surface area contributed by atoms with Crippen LogP contribution in [-0.2, 0) is 17.5 Å². The molecule has 1 aromatic carbocycles. The zero-order valence-corrected chi connectivity index (χ0v) is 15.6. The molecule has 1 atom stereocenters. The first-order valence-electron chi connectivity index (χ1n) is 9.12. The fourth-order valence-electron chi connectivity index (χ4n) is 3.26. The van der Waals surface area contributed by atoms with Crippen molar-refractivity contribution in [1.82, 2.24) is 24.8 Å². The van der Waals surface area contributed by atoms with Crippen LogP contribution in [0.2, 0.25) is 0 Å². The van der Waals surface area contributed by atoms with Crippen LogP contribution in [0, 0.1) is 0 Å². The number of alkyl halides is 3. The predicted octanol–water partition coefficient (Wildman–Crippen LogP) is 2.81. The monoisotopic (exact) mass is 404 g/mol. The van der Waals surface area contributed by atoms with E-state index in [0.29, 0.717) is 24.4 Å². The summed E-state index contributed by atoms with van der Waals surface area (Å²) in [5.41, 5.74) is 1.20. The molecule has 0 bridgehead atoms. The summed E-state index contributed by atoms with van der Waals surface area (Å²) in [6.07, 6.45) is -4.38. The number of amides is 1. The summed E-state index contributed by atoms with van der Waals surface area (Å²) in [5, 5.41) is 10.2. The third-order valence-corrected chi connectivity index (χ3v) is 4.90. The molecule has 1 aliphatic rings. The van der Waals surface area contributed by atoms with Crippen LogP contribution in [0.15, 0.2) is 42.5 Å². The van der Waals surface area contributed by atoms with E-state index >= 15 is 0 Å². The molecule has 4 rings (SSSR count). The summed E-state index contributed by atoms with van der Waals surface area (Å²) in [6, 6.07) is 10.00. The summed E-state index contributed by atoms with van der Waals surface area (Å²) >= 11 is 0. The molecule has 3 aromatic rings. The number of hydrogen-bond acceptors (Lipinski definition) is 5. The summed E-state index contributed by atoms with van der Waals surface area (Å²) in [7, 11) is 0. The molecule has 1 aliphatic heterocycles. The maximum atomic E-state index is 12.7. The van der Waals surface area contributed by atoms with E-state index in [1.165, 1.54) is 12.1 Å². The Morgan fingerprint density at radius 3 is 2.69 bits per heavy atom. The van der Waals surface area contributed by atoms with Crippen LogP contribution in [0.1, 0.15) is 18.2 Å². The van der Waals surface area contributed by atoms with Crippen molar-refractivity contribution in [2.45, 2.75) is 25.7 Å². The van der Waals surface area contributed by atoms with Crippen molar-refractivity contribution in [1.29, 1.82) is 0 Å². The molecular weight excluding hydrogens is 385 g/mol. The van der Waals surface area contributed by atoms with Gasteiger partial charge in [-0.25, -0.2) is 4.52 Å². The summed E-state index contributed by atoms with van der Waals surface area (Å²) in [4.78, 5) is 18.3. The lowest BCUT2D eigenvalue weighted by molar-refractivity contribution is -0.137. The summed E-state index contributed by atoms with van der Waals surface area (Å²) < 4.78 is 39.8.